The Hall–Kier alpha value is -1.66. The third-order valence-corrected chi connectivity index (χ3v) is 3.94. The number of ether oxygens (including phenoxy) is 3. The zero-order valence-electron chi connectivity index (χ0n) is 14.7. The summed E-state index contributed by atoms with van der Waals surface area (Å²) in [5.74, 6) is 2.02. The van der Waals surface area contributed by atoms with Crippen LogP contribution in [0.4, 0.5) is 0 Å². The molecule has 0 saturated heterocycles. The summed E-state index contributed by atoms with van der Waals surface area (Å²) < 4.78 is 16.5. The summed E-state index contributed by atoms with van der Waals surface area (Å²) in [7, 11) is 1.70. The van der Waals surface area contributed by atoms with E-state index >= 15 is 0 Å². The number of methoxy groups -OCH3 is 1. The van der Waals surface area contributed by atoms with Crippen molar-refractivity contribution in [1.29, 1.82) is 0 Å². The third kappa shape index (κ3) is 5.18. The number of nitrogens with one attached hydrogen (secondary N) is 2. The van der Waals surface area contributed by atoms with Crippen LogP contribution in [0.1, 0.15) is 26.3 Å². The van der Waals surface area contributed by atoms with Crippen LogP contribution in [-0.4, -0.2) is 45.0 Å². The van der Waals surface area contributed by atoms with Gasteiger partial charge in [-0.1, -0.05) is 11.6 Å². The number of rotatable bonds is 6. The zero-order chi connectivity index (χ0) is 17.6. The standard InChI is InChI=1S/C17H26ClN3O3/c1-5-19-16(21-11-17(2,3)22-4)20-10-12-8-13(18)15-14(9-12)23-6-7-24-15/h8-9H,5-7,10-11H2,1-4H3,(H2,19,20,21). The van der Waals surface area contributed by atoms with Gasteiger partial charge in [-0.3, -0.25) is 0 Å². The molecular weight excluding hydrogens is 330 g/mol. The highest BCUT2D eigenvalue weighted by molar-refractivity contribution is 6.32. The first-order valence-electron chi connectivity index (χ1n) is 8.10. The van der Waals surface area contributed by atoms with E-state index in [1.165, 1.54) is 0 Å². The molecule has 1 heterocycles. The van der Waals surface area contributed by atoms with Crippen LogP contribution in [0, 0.1) is 0 Å². The Morgan fingerprint density at radius 2 is 2.04 bits per heavy atom. The van der Waals surface area contributed by atoms with Crippen LogP contribution in [0.15, 0.2) is 17.1 Å². The maximum atomic E-state index is 6.26. The van der Waals surface area contributed by atoms with Gasteiger partial charge in [-0.2, -0.15) is 0 Å². The van der Waals surface area contributed by atoms with Gasteiger partial charge in [-0.25, -0.2) is 4.99 Å². The maximum Gasteiger partial charge on any atom is 0.191 e. The highest BCUT2D eigenvalue weighted by Crippen LogP contribution is 2.38. The van der Waals surface area contributed by atoms with Crippen LogP contribution in [-0.2, 0) is 11.3 Å². The molecule has 6 nitrogen and oxygen atoms in total. The molecule has 0 spiro atoms. The van der Waals surface area contributed by atoms with Crippen LogP contribution in [0.2, 0.25) is 5.02 Å². The molecule has 0 bridgehead atoms. The van der Waals surface area contributed by atoms with E-state index in [1.54, 1.807) is 7.11 Å². The molecule has 0 unspecified atom stereocenters. The summed E-state index contributed by atoms with van der Waals surface area (Å²) in [5, 5.41) is 7.06. The molecule has 0 amide bonds. The molecule has 24 heavy (non-hydrogen) atoms. The molecule has 0 atom stereocenters. The Morgan fingerprint density at radius 1 is 1.29 bits per heavy atom. The molecule has 2 rings (SSSR count). The smallest absolute Gasteiger partial charge is 0.191 e. The predicted octanol–water partition coefficient (Wildman–Crippen LogP) is 2.59. The molecule has 0 radical (unpaired) electrons. The highest BCUT2D eigenvalue weighted by atomic mass is 35.5. The van der Waals surface area contributed by atoms with Crippen molar-refractivity contribution in [2.45, 2.75) is 32.9 Å². The van der Waals surface area contributed by atoms with Gasteiger partial charge >= 0.3 is 0 Å². The lowest BCUT2D eigenvalue weighted by Gasteiger charge is -2.24. The fourth-order valence-corrected chi connectivity index (χ4v) is 2.42. The first-order chi connectivity index (χ1) is 11.4. The highest BCUT2D eigenvalue weighted by Gasteiger charge is 2.18. The lowest BCUT2D eigenvalue weighted by atomic mass is 10.1. The normalized spacial score (nSPS) is 14.5. The van der Waals surface area contributed by atoms with Crippen LogP contribution in [0.5, 0.6) is 11.5 Å². The van der Waals surface area contributed by atoms with E-state index in [2.05, 4.69) is 15.6 Å². The third-order valence-electron chi connectivity index (χ3n) is 3.65. The molecule has 0 saturated carbocycles. The zero-order valence-corrected chi connectivity index (χ0v) is 15.5. The molecule has 0 aliphatic carbocycles. The van der Waals surface area contributed by atoms with Crippen molar-refractivity contribution in [3.05, 3.63) is 22.7 Å². The number of fused-ring (bicyclic) bond motifs is 1. The second kappa shape index (κ2) is 8.44. The number of aliphatic imine (C=N–C) groups is 1. The Balaban J connectivity index is 2.06. The van der Waals surface area contributed by atoms with Crippen molar-refractivity contribution in [2.75, 3.05) is 33.4 Å². The Morgan fingerprint density at radius 3 is 2.75 bits per heavy atom. The van der Waals surface area contributed by atoms with Gasteiger partial charge in [-0.15, -0.1) is 0 Å². The molecular formula is C17H26ClN3O3. The number of benzene rings is 1. The molecule has 0 aromatic heterocycles. The number of hydrogen-bond donors (Lipinski definition) is 2. The average Bonchev–Trinajstić information content (AvgIpc) is 2.57. The molecule has 1 aliphatic heterocycles. The van der Waals surface area contributed by atoms with Crippen LogP contribution >= 0.6 is 11.6 Å². The van der Waals surface area contributed by atoms with Gasteiger partial charge in [0, 0.05) is 20.2 Å². The molecule has 134 valence electrons. The van der Waals surface area contributed by atoms with Gasteiger partial charge in [-0.05, 0) is 38.5 Å². The second-order valence-electron chi connectivity index (χ2n) is 6.11. The summed E-state index contributed by atoms with van der Waals surface area (Å²) in [6.45, 7) is 9.03. The minimum absolute atomic E-state index is 0.267. The van der Waals surface area contributed by atoms with Crippen molar-refractivity contribution in [2.24, 2.45) is 4.99 Å². The fraction of sp³-hybridized carbons (Fsp3) is 0.588. The molecule has 0 fully saturated rings. The Labute approximate surface area is 148 Å². The van der Waals surface area contributed by atoms with Crippen molar-refractivity contribution in [1.82, 2.24) is 10.6 Å². The topological polar surface area (TPSA) is 64.1 Å². The van der Waals surface area contributed by atoms with Gasteiger partial charge in [0.2, 0.25) is 0 Å². The monoisotopic (exact) mass is 355 g/mol. The first kappa shape index (κ1) is 18.7. The lowest BCUT2D eigenvalue weighted by Crippen LogP contribution is -2.45. The number of halogens is 1. The first-order valence-corrected chi connectivity index (χ1v) is 8.48. The fourth-order valence-electron chi connectivity index (χ4n) is 2.14. The van der Waals surface area contributed by atoms with Crippen LogP contribution in [0.25, 0.3) is 0 Å². The minimum atomic E-state index is -0.267. The van der Waals surface area contributed by atoms with Gasteiger partial charge in [0.15, 0.2) is 17.5 Å². The summed E-state index contributed by atoms with van der Waals surface area (Å²) in [6.07, 6.45) is 0. The van der Waals surface area contributed by atoms with E-state index in [-0.39, 0.29) is 5.60 Å². The minimum Gasteiger partial charge on any atom is -0.486 e. The Kier molecular flexibility index (Phi) is 6.57. The summed E-state index contributed by atoms with van der Waals surface area (Å²) >= 11 is 6.26. The van der Waals surface area contributed by atoms with E-state index in [0.29, 0.717) is 42.8 Å². The summed E-state index contributed by atoms with van der Waals surface area (Å²) in [5.41, 5.74) is 0.698. The second-order valence-corrected chi connectivity index (χ2v) is 6.52. The molecule has 7 heteroatoms. The predicted molar refractivity (Wildman–Crippen MR) is 96.3 cm³/mol. The summed E-state index contributed by atoms with van der Waals surface area (Å²) in [6, 6.07) is 3.79. The van der Waals surface area contributed by atoms with Crippen LogP contribution in [0.3, 0.4) is 0 Å². The molecule has 1 aromatic rings. The maximum absolute atomic E-state index is 6.26. The van der Waals surface area contributed by atoms with Crippen LogP contribution < -0.4 is 20.1 Å². The quantitative estimate of drug-likeness (QED) is 0.606. The van der Waals surface area contributed by atoms with Gasteiger partial charge in [0.1, 0.15) is 13.2 Å². The van der Waals surface area contributed by atoms with E-state index in [1.807, 2.05) is 32.9 Å². The van der Waals surface area contributed by atoms with Gasteiger partial charge in [0.05, 0.1) is 17.2 Å². The van der Waals surface area contributed by atoms with E-state index < -0.39 is 0 Å². The number of hydrogen-bond acceptors (Lipinski definition) is 4. The largest absolute Gasteiger partial charge is 0.486 e. The van der Waals surface area contributed by atoms with Gasteiger partial charge < -0.3 is 24.8 Å². The molecule has 1 aliphatic rings. The SMILES string of the molecule is CCNC(=NCc1cc(Cl)c2c(c1)OCCO2)NCC(C)(C)OC. The van der Waals surface area contributed by atoms with E-state index in [4.69, 9.17) is 25.8 Å². The van der Waals surface area contributed by atoms with Crippen molar-refractivity contribution in [3.8, 4) is 11.5 Å². The van der Waals surface area contributed by atoms with Crippen molar-refractivity contribution >= 4 is 17.6 Å². The Bertz CT molecular complexity index is 591. The van der Waals surface area contributed by atoms with E-state index in [9.17, 15) is 0 Å². The lowest BCUT2D eigenvalue weighted by molar-refractivity contribution is 0.0268. The van der Waals surface area contributed by atoms with E-state index in [0.717, 1.165) is 18.1 Å². The van der Waals surface area contributed by atoms with Crippen molar-refractivity contribution < 1.29 is 14.2 Å². The number of nitrogens with zero attached hydrogens (tertiary/aromatic N) is 1. The van der Waals surface area contributed by atoms with Crippen molar-refractivity contribution in [3.63, 3.8) is 0 Å². The van der Waals surface area contributed by atoms with Gasteiger partial charge in [0.25, 0.3) is 0 Å². The number of guanidine groups is 1. The summed E-state index contributed by atoms with van der Waals surface area (Å²) in [4.78, 5) is 4.59. The molecule has 2 N–H and O–H groups in total. The molecule has 1 aromatic carbocycles. The average molecular weight is 356 g/mol.